The molecule has 1 heterocycles. The molecule has 0 saturated carbocycles. The zero-order valence-corrected chi connectivity index (χ0v) is 16.8. The molecule has 0 atom stereocenters. The summed E-state index contributed by atoms with van der Waals surface area (Å²) in [5, 5.41) is 3.49. The second kappa shape index (κ2) is 10.0. The van der Waals surface area contributed by atoms with E-state index in [2.05, 4.69) is 68.8 Å². The summed E-state index contributed by atoms with van der Waals surface area (Å²) in [6.07, 6.45) is 0. The molecule has 7 heteroatoms. The van der Waals surface area contributed by atoms with Crippen molar-refractivity contribution in [2.24, 2.45) is 0 Å². The molecule has 0 aliphatic carbocycles. The monoisotopic (exact) mass is 428 g/mol. The molecule has 3 aromatic carbocycles. The molecular formula is C21H15Cl3N4. The van der Waals surface area contributed by atoms with Gasteiger partial charge in [0.1, 0.15) is 0 Å². The van der Waals surface area contributed by atoms with Crippen LogP contribution in [0.15, 0.2) is 84.9 Å². The van der Waals surface area contributed by atoms with Crippen molar-refractivity contribution in [1.29, 1.82) is 0 Å². The number of aromatic nitrogens is 3. The van der Waals surface area contributed by atoms with Crippen LogP contribution in [0.3, 0.4) is 0 Å². The van der Waals surface area contributed by atoms with Gasteiger partial charge in [-0.15, -0.1) is 0 Å². The highest BCUT2D eigenvalue weighted by Gasteiger charge is 2.05. The van der Waals surface area contributed by atoms with E-state index in [9.17, 15) is 0 Å². The predicted octanol–water partition coefficient (Wildman–Crippen LogP) is 6.93. The first kappa shape index (κ1) is 20.1. The molecule has 0 aliphatic rings. The van der Waals surface area contributed by atoms with Crippen molar-refractivity contribution >= 4 is 46.4 Å². The number of para-hydroxylation sites is 1. The Morgan fingerprint density at radius 3 is 1.50 bits per heavy atom. The lowest BCUT2D eigenvalue weighted by Crippen LogP contribution is -1.99. The first-order chi connectivity index (χ1) is 13.6. The van der Waals surface area contributed by atoms with Gasteiger partial charge in [-0.1, -0.05) is 84.4 Å². The maximum Gasteiger partial charge on any atom is 0.232 e. The van der Waals surface area contributed by atoms with E-state index >= 15 is 0 Å². The fraction of sp³-hybridized carbons (Fsp3) is 0. The molecule has 0 aliphatic heterocycles. The van der Waals surface area contributed by atoms with Crippen LogP contribution in [0.2, 0.25) is 15.6 Å². The van der Waals surface area contributed by atoms with E-state index in [1.165, 1.54) is 11.1 Å². The number of nitrogens with zero attached hydrogens (tertiary/aromatic N) is 3. The number of anilines is 2. The van der Waals surface area contributed by atoms with Crippen molar-refractivity contribution in [3.63, 3.8) is 0 Å². The van der Waals surface area contributed by atoms with Gasteiger partial charge >= 0.3 is 0 Å². The third kappa shape index (κ3) is 5.92. The molecule has 0 bridgehead atoms. The molecule has 1 aromatic heterocycles. The number of benzene rings is 3. The molecule has 0 saturated heterocycles. The van der Waals surface area contributed by atoms with Gasteiger partial charge in [-0.2, -0.15) is 15.0 Å². The van der Waals surface area contributed by atoms with Crippen LogP contribution in [0.4, 0.5) is 11.6 Å². The van der Waals surface area contributed by atoms with Crippen LogP contribution in [-0.2, 0) is 0 Å². The quantitative estimate of drug-likeness (QED) is 0.383. The largest absolute Gasteiger partial charge is 0.323 e. The molecule has 28 heavy (non-hydrogen) atoms. The average Bonchev–Trinajstić information content (AvgIpc) is 2.71. The fourth-order valence-electron chi connectivity index (χ4n) is 2.33. The van der Waals surface area contributed by atoms with Gasteiger partial charge in [0, 0.05) is 0 Å². The lowest BCUT2D eigenvalue weighted by atomic mass is 10.1. The van der Waals surface area contributed by atoms with Crippen LogP contribution in [0, 0.1) is 0 Å². The van der Waals surface area contributed by atoms with Crippen LogP contribution in [0.25, 0.3) is 11.1 Å². The van der Waals surface area contributed by atoms with Crippen LogP contribution >= 0.6 is 34.8 Å². The molecule has 140 valence electrons. The second-order valence-corrected chi connectivity index (χ2v) is 6.62. The lowest BCUT2D eigenvalue weighted by Gasteiger charge is -2.06. The molecule has 0 spiro atoms. The Hall–Kier alpha value is -2.66. The average molecular weight is 430 g/mol. The highest BCUT2D eigenvalue weighted by Crippen LogP contribution is 2.23. The second-order valence-electron chi connectivity index (χ2n) is 5.53. The van der Waals surface area contributed by atoms with Gasteiger partial charge in [0.15, 0.2) is 0 Å². The van der Waals surface area contributed by atoms with Crippen LogP contribution < -0.4 is 5.32 Å². The summed E-state index contributed by atoms with van der Waals surface area (Å²) in [6.45, 7) is 0. The summed E-state index contributed by atoms with van der Waals surface area (Å²) < 4.78 is 0. The molecule has 4 aromatic rings. The van der Waals surface area contributed by atoms with Crippen molar-refractivity contribution < 1.29 is 0 Å². The fourth-order valence-corrected chi connectivity index (χ4v) is 2.87. The van der Waals surface area contributed by atoms with Gasteiger partial charge in [0.25, 0.3) is 0 Å². The van der Waals surface area contributed by atoms with Gasteiger partial charge in [0.2, 0.25) is 16.5 Å². The van der Waals surface area contributed by atoms with E-state index in [-0.39, 0.29) is 16.5 Å². The van der Waals surface area contributed by atoms with E-state index < -0.39 is 0 Å². The van der Waals surface area contributed by atoms with E-state index in [0.29, 0.717) is 10.7 Å². The molecule has 0 radical (unpaired) electrons. The van der Waals surface area contributed by atoms with Gasteiger partial charge < -0.3 is 5.32 Å². The summed E-state index contributed by atoms with van der Waals surface area (Å²) >= 11 is 17.2. The SMILES string of the molecule is Clc1nc(Cl)nc(Nc2ccccc2Cl)n1.c1ccc(-c2ccccc2)cc1. The third-order valence-electron chi connectivity index (χ3n) is 3.58. The Morgan fingerprint density at radius 2 is 1.00 bits per heavy atom. The first-order valence-electron chi connectivity index (χ1n) is 8.31. The Morgan fingerprint density at radius 1 is 0.536 bits per heavy atom. The highest BCUT2D eigenvalue weighted by atomic mass is 35.5. The highest BCUT2D eigenvalue weighted by molar-refractivity contribution is 6.33. The zero-order valence-electron chi connectivity index (χ0n) is 14.6. The normalized spacial score (nSPS) is 9.96. The summed E-state index contributed by atoms with van der Waals surface area (Å²) in [5.41, 5.74) is 3.22. The number of halogens is 3. The Bertz CT molecular complexity index is 970. The molecule has 0 fully saturated rings. The van der Waals surface area contributed by atoms with Crippen LogP contribution in [0.1, 0.15) is 0 Å². The topological polar surface area (TPSA) is 50.7 Å². The molecule has 4 rings (SSSR count). The minimum atomic E-state index is 0.0227. The van der Waals surface area contributed by atoms with E-state index in [1.54, 1.807) is 12.1 Å². The van der Waals surface area contributed by atoms with Gasteiger partial charge in [-0.25, -0.2) is 0 Å². The molecule has 1 N–H and O–H groups in total. The summed E-state index contributed by atoms with van der Waals surface area (Å²) in [6, 6.07) is 28.0. The number of rotatable bonds is 3. The first-order valence-corrected chi connectivity index (χ1v) is 9.44. The van der Waals surface area contributed by atoms with Gasteiger partial charge in [-0.05, 0) is 46.5 Å². The smallest absolute Gasteiger partial charge is 0.232 e. The predicted molar refractivity (Wildman–Crippen MR) is 116 cm³/mol. The summed E-state index contributed by atoms with van der Waals surface area (Å²) in [5.74, 6) is 0.248. The lowest BCUT2D eigenvalue weighted by molar-refractivity contribution is 1.05. The minimum absolute atomic E-state index is 0.0227. The number of hydrogen-bond donors (Lipinski definition) is 1. The molecule has 4 nitrogen and oxygen atoms in total. The Kier molecular flexibility index (Phi) is 7.20. The van der Waals surface area contributed by atoms with Crippen LogP contribution in [0.5, 0.6) is 0 Å². The Balaban J connectivity index is 0.000000167. The minimum Gasteiger partial charge on any atom is -0.323 e. The van der Waals surface area contributed by atoms with Gasteiger partial charge in [-0.3, -0.25) is 0 Å². The van der Waals surface area contributed by atoms with Crippen molar-refractivity contribution in [3.05, 3.63) is 101 Å². The third-order valence-corrected chi connectivity index (χ3v) is 4.25. The Labute approximate surface area is 178 Å². The number of nitrogens with one attached hydrogen (secondary N) is 1. The van der Waals surface area contributed by atoms with Crippen molar-refractivity contribution in [3.8, 4) is 11.1 Å². The van der Waals surface area contributed by atoms with E-state index in [0.717, 1.165) is 0 Å². The zero-order chi connectivity index (χ0) is 19.8. The molecule has 0 amide bonds. The summed E-state index contributed by atoms with van der Waals surface area (Å²) in [7, 11) is 0. The van der Waals surface area contributed by atoms with E-state index in [4.69, 9.17) is 34.8 Å². The van der Waals surface area contributed by atoms with Gasteiger partial charge in [0.05, 0.1) is 10.7 Å². The van der Waals surface area contributed by atoms with Crippen molar-refractivity contribution in [2.45, 2.75) is 0 Å². The van der Waals surface area contributed by atoms with Crippen molar-refractivity contribution in [1.82, 2.24) is 15.0 Å². The summed E-state index contributed by atoms with van der Waals surface area (Å²) in [4.78, 5) is 11.4. The number of hydrogen-bond acceptors (Lipinski definition) is 4. The molecule has 0 unspecified atom stereocenters. The maximum absolute atomic E-state index is 5.95. The maximum atomic E-state index is 5.95. The van der Waals surface area contributed by atoms with Crippen LogP contribution in [-0.4, -0.2) is 15.0 Å². The molecular weight excluding hydrogens is 415 g/mol. The standard InChI is InChI=1S/C12H10.C9H5Cl3N4/c1-3-7-11(8-4-1)12-9-5-2-6-10-12;10-5-3-1-2-4-6(5)13-9-15-7(11)14-8(12)16-9/h1-10H;1-4H,(H,13,14,15,16). The van der Waals surface area contributed by atoms with E-state index in [1.807, 2.05) is 24.3 Å². The van der Waals surface area contributed by atoms with Crippen molar-refractivity contribution in [2.75, 3.05) is 5.32 Å².